The first-order chi connectivity index (χ1) is 8.81. The lowest BCUT2D eigenvalue weighted by molar-refractivity contribution is 0.0454. The van der Waals surface area contributed by atoms with E-state index in [9.17, 15) is 0 Å². The Hall–Kier alpha value is -0.680. The molecule has 1 aliphatic carbocycles. The summed E-state index contributed by atoms with van der Waals surface area (Å²) in [7, 11) is 0. The summed E-state index contributed by atoms with van der Waals surface area (Å²) >= 11 is 3.32. The van der Waals surface area contributed by atoms with E-state index in [0.717, 1.165) is 36.4 Å². The Bertz CT molecular complexity index is 386. The number of halogens is 1. The van der Waals surface area contributed by atoms with Gasteiger partial charge in [0.2, 0.25) is 0 Å². The fourth-order valence-corrected chi connectivity index (χ4v) is 2.83. The van der Waals surface area contributed by atoms with Crippen molar-refractivity contribution in [3.05, 3.63) is 16.9 Å². The van der Waals surface area contributed by atoms with Gasteiger partial charge in [-0.15, -0.1) is 0 Å². The Labute approximate surface area is 116 Å². The number of nitrogens with zero attached hydrogens (tertiary/aromatic N) is 3. The lowest BCUT2D eigenvalue weighted by Crippen LogP contribution is -2.46. The molecule has 0 N–H and O–H groups in total. The second-order valence-electron chi connectivity index (χ2n) is 5.12. The molecule has 1 aliphatic heterocycles. The van der Waals surface area contributed by atoms with Crippen LogP contribution in [-0.4, -0.2) is 40.1 Å². The van der Waals surface area contributed by atoms with Crippen LogP contribution in [0.4, 0.5) is 0 Å². The van der Waals surface area contributed by atoms with Gasteiger partial charge in [0.25, 0.3) is 0 Å². The van der Waals surface area contributed by atoms with Crippen LogP contribution < -0.4 is 4.74 Å². The molecule has 0 aromatic carbocycles. The molecule has 0 atom stereocenters. The monoisotopic (exact) mass is 311 g/mol. The number of rotatable bonds is 3. The van der Waals surface area contributed by atoms with E-state index in [4.69, 9.17) is 4.74 Å². The van der Waals surface area contributed by atoms with Crippen molar-refractivity contribution < 1.29 is 4.74 Å². The van der Waals surface area contributed by atoms with E-state index < -0.39 is 0 Å². The maximum absolute atomic E-state index is 5.82. The molecule has 2 fully saturated rings. The van der Waals surface area contributed by atoms with Crippen molar-refractivity contribution in [2.75, 3.05) is 13.1 Å². The maximum Gasteiger partial charge on any atom is 0.316 e. The predicted octanol–water partition coefficient (Wildman–Crippen LogP) is 2.63. The summed E-state index contributed by atoms with van der Waals surface area (Å²) in [5.41, 5.74) is 0. The number of ether oxygens (including phenoxy) is 1. The van der Waals surface area contributed by atoms with Crippen molar-refractivity contribution in [2.24, 2.45) is 0 Å². The average molecular weight is 312 g/mol. The Kier molecular flexibility index (Phi) is 3.80. The summed E-state index contributed by atoms with van der Waals surface area (Å²) < 4.78 is 6.70. The average Bonchev–Trinajstić information content (AvgIpc) is 2.32. The van der Waals surface area contributed by atoms with Gasteiger partial charge in [0.05, 0.1) is 4.47 Å². The second-order valence-corrected chi connectivity index (χ2v) is 6.04. The van der Waals surface area contributed by atoms with Crippen LogP contribution in [0, 0.1) is 0 Å². The van der Waals surface area contributed by atoms with Gasteiger partial charge in [-0.1, -0.05) is 6.42 Å². The highest BCUT2D eigenvalue weighted by Crippen LogP contribution is 2.28. The molecule has 1 saturated heterocycles. The van der Waals surface area contributed by atoms with Gasteiger partial charge >= 0.3 is 6.01 Å². The summed E-state index contributed by atoms with van der Waals surface area (Å²) in [6.07, 6.45) is 10.1. The fraction of sp³-hybridized carbons (Fsp3) is 0.692. The summed E-state index contributed by atoms with van der Waals surface area (Å²) in [4.78, 5) is 10.9. The van der Waals surface area contributed by atoms with Crippen LogP contribution >= 0.6 is 15.9 Å². The van der Waals surface area contributed by atoms with Gasteiger partial charge < -0.3 is 9.64 Å². The standard InChI is InChI=1S/C13H18BrN3O/c14-10-8-15-13(16-9-10)18-12-4-6-17(7-5-12)11-2-1-3-11/h8-9,11-12H,1-7H2. The van der Waals surface area contributed by atoms with Crippen LogP contribution in [0.1, 0.15) is 32.1 Å². The molecule has 5 heteroatoms. The first-order valence-electron chi connectivity index (χ1n) is 6.69. The third-order valence-corrected chi connectivity index (χ3v) is 4.35. The molecule has 4 nitrogen and oxygen atoms in total. The minimum atomic E-state index is 0.280. The van der Waals surface area contributed by atoms with E-state index in [2.05, 4.69) is 30.8 Å². The van der Waals surface area contributed by atoms with E-state index in [-0.39, 0.29) is 6.10 Å². The summed E-state index contributed by atoms with van der Waals surface area (Å²) in [5.74, 6) is 0. The zero-order valence-electron chi connectivity index (χ0n) is 10.4. The van der Waals surface area contributed by atoms with Crippen LogP contribution in [0.3, 0.4) is 0 Å². The van der Waals surface area contributed by atoms with Crippen LogP contribution in [-0.2, 0) is 0 Å². The molecule has 2 heterocycles. The molecule has 0 unspecified atom stereocenters. The van der Waals surface area contributed by atoms with Crippen molar-refractivity contribution in [1.82, 2.24) is 14.9 Å². The highest BCUT2D eigenvalue weighted by atomic mass is 79.9. The fourth-order valence-electron chi connectivity index (χ4n) is 2.62. The van der Waals surface area contributed by atoms with E-state index in [1.807, 2.05) is 0 Å². The maximum atomic E-state index is 5.82. The first kappa shape index (κ1) is 12.4. The molecule has 0 spiro atoms. The Balaban J connectivity index is 1.48. The van der Waals surface area contributed by atoms with E-state index >= 15 is 0 Å². The minimum absolute atomic E-state index is 0.280. The molecule has 1 aromatic rings. The van der Waals surface area contributed by atoms with Gasteiger partial charge in [0, 0.05) is 31.5 Å². The van der Waals surface area contributed by atoms with Crippen molar-refractivity contribution >= 4 is 15.9 Å². The SMILES string of the molecule is Brc1cnc(OC2CCN(C3CCC3)CC2)nc1. The van der Waals surface area contributed by atoms with Crippen LogP contribution in [0.15, 0.2) is 16.9 Å². The lowest BCUT2D eigenvalue weighted by atomic mass is 9.90. The highest BCUT2D eigenvalue weighted by Gasteiger charge is 2.29. The van der Waals surface area contributed by atoms with Crippen molar-refractivity contribution in [3.63, 3.8) is 0 Å². The molecule has 0 radical (unpaired) electrons. The molecular formula is C13H18BrN3O. The Morgan fingerprint density at radius 1 is 1.11 bits per heavy atom. The third kappa shape index (κ3) is 2.83. The third-order valence-electron chi connectivity index (χ3n) is 3.94. The van der Waals surface area contributed by atoms with Crippen molar-refractivity contribution in [3.8, 4) is 6.01 Å². The van der Waals surface area contributed by atoms with Gasteiger partial charge in [-0.05, 0) is 41.6 Å². The van der Waals surface area contributed by atoms with E-state index in [1.54, 1.807) is 12.4 Å². The number of likely N-dealkylation sites (tertiary alicyclic amines) is 1. The zero-order valence-corrected chi connectivity index (χ0v) is 12.0. The molecule has 1 saturated carbocycles. The predicted molar refractivity (Wildman–Crippen MR) is 72.6 cm³/mol. The van der Waals surface area contributed by atoms with Crippen LogP contribution in [0.5, 0.6) is 6.01 Å². The second kappa shape index (κ2) is 5.53. The summed E-state index contributed by atoms with van der Waals surface area (Å²) in [6, 6.07) is 1.36. The smallest absolute Gasteiger partial charge is 0.316 e. The lowest BCUT2D eigenvalue weighted by Gasteiger charge is -2.41. The van der Waals surface area contributed by atoms with Crippen LogP contribution in [0.2, 0.25) is 0 Å². The Morgan fingerprint density at radius 2 is 1.78 bits per heavy atom. The molecule has 18 heavy (non-hydrogen) atoms. The van der Waals surface area contributed by atoms with E-state index in [1.165, 1.54) is 19.3 Å². The van der Waals surface area contributed by atoms with Gasteiger partial charge in [0.1, 0.15) is 6.10 Å². The zero-order chi connectivity index (χ0) is 12.4. The minimum Gasteiger partial charge on any atom is -0.460 e. The molecule has 1 aromatic heterocycles. The van der Waals surface area contributed by atoms with Crippen LogP contribution in [0.25, 0.3) is 0 Å². The van der Waals surface area contributed by atoms with Gasteiger partial charge in [0.15, 0.2) is 0 Å². The molecule has 3 rings (SSSR count). The number of aromatic nitrogens is 2. The Morgan fingerprint density at radius 3 is 2.33 bits per heavy atom. The quantitative estimate of drug-likeness (QED) is 0.860. The first-order valence-corrected chi connectivity index (χ1v) is 7.49. The summed E-state index contributed by atoms with van der Waals surface area (Å²) in [6.45, 7) is 2.32. The number of hydrogen-bond donors (Lipinski definition) is 0. The normalized spacial score (nSPS) is 22.7. The van der Waals surface area contributed by atoms with Gasteiger partial charge in [-0.25, -0.2) is 9.97 Å². The number of hydrogen-bond acceptors (Lipinski definition) is 4. The summed E-state index contributed by atoms with van der Waals surface area (Å²) in [5, 5.41) is 0. The highest BCUT2D eigenvalue weighted by molar-refractivity contribution is 9.10. The molecule has 98 valence electrons. The topological polar surface area (TPSA) is 38.2 Å². The largest absolute Gasteiger partial charge is 0.460 e. The molecular weight excluding hydrogens is 294 g/mol. The van der Waals surface area contributed by atoms with Crippen molar-refractivity contribution in [1.29, 1.82) is 0 Å². The van der Waals surface area contributed by atoms with Gasteiger partial charge in [-0.3, -0.25) is 0 Å². The van der Waals surface area contributed by atoms with Gasteiger partial charge in [-0.2, -0.15) is 0 Å². The number of piperidine rings is 1. The molecule has 0 bridgehead atoms. The van der Waals surface area contributed by atoms with E-state index in [0.29, 0.717) is 6.01 Å². The molecule has 0 amide bonds. The van der Waals surface area contributed by atoms with Crippen molar-refractivity contribution in [2.45, 2.75) is 44.2 Å². The molecule has 2 aliphatic rings.